The molecule has 24 heavy (non-hydrogen) atoms. The lowest BCUT2D eigenvalue weighted by Gasteiger charge is -2.36. The van der Waals surface area contributed by atoms with Crippen LogP contribution in [0.4, 0.5) is 5.69 Å². The highest BCUT2D eigenvalue weighted by molar-refractivity contribution is 5.91. The van der Waals surface area contributed by atoms with E-state index >= 15 is 0 Å². The molecule has 1 aromatic carbocycles. The van der Waals surface area contributed by atoms with E-state index in [2.05, 4.69) is 28.4 Å². The molecular weight excluding hydrogens is 296 g/mol. The number of hydrogen-bond acceptors (Lipinski definition) is 2. The number of amides is 1. The third kappa shape index (κ3) is 3.66. The highest BCUT2D eigenvalue weighted by Gasteiger charge is 2.26. The standard InChI is InChI=1S/C21H30N2O/c24-21(14-16-4-1-2-5-16)22-19-9-8-17-10-12-23(20-6-3-7-20)13-11-18(17)15-19/h8-9,15-16,20H,1-7,10-14H2,(H,22,24). The molecule has 1 heterocycles. The maximum Gasteiger partial charge on any atom is 0.224 e. The highest BCUT2D eigenvalue weighted by atomic mass is 16.1. The zero-order valence-electron chi connectivity index (χ0n) is 14.7. The molecule has 1 aliphatic heterocycles. The summed E-state index contributed by atoms with van der Waals surface area (Å²) in [6.07, 6.45) is 12.2. The Morgan fingerprint density at radius 3 is 2.46 bits per heavy atom. The maximum atomic E-state index is 12.3. The fourth-order valence-electron chi connectivity index (χ4n) is 4.63. The molecule has 0 aromatic heterocycles. The number of fused-ring (bicyclic) bond motifs is 1. The van der Waals surface area contributed by atoms with Crippen molar-refractivity contribution in [2.45, 2.75) is 70.3 Å². The summed E-state index contributed by atoms with van der Waals surface area (Å²) in [5.74, 6) is 0.813. The summed E-state index contributed by atoms with van der Waals surface area (Å²) in [6, 6.07) is 7.41. The third-order valence-corrected chi connectivity index (χ3v) is 6.37. The average Bonchev–Trinajstić information content (AvgIpc) is 2.93. The third-order valence-electron chi connectivity index (χ3n) is 6.37. The van der Waals surface area contributed by atoms with E-state index in [1.54, 1.807) is 0 Å². The number of anilines is 1. The first kappa shape index (κ1) is 16.1. The molecule has 2 aliphatic carbocycles. The van der Waals surface area contributed by atoms with Crippen LogP contribution in [-0.4, -0.2) is 29.9 Å². The molecule has 4 rings (SSSR count). The number of nitrogens with one attached hydrogen (secondary N) is 1. The van der Waals surface area contributed by atoms with Crippen LogP contribution in [0.25, 0.3) is 0 Å². The minimum absolute atomic E-state index is 0.201. The van der Waals surface area contributed by atoms with Gasteiger partial charge in [-0.05, 0) is 67.7 Å². The Morgan fingerprint density at radius 2 is 1.75 bits per heavy atom. The molecule has 0 spiro atoms. The Kier molecular flexibility index (Phi) is 4.88. The first-order valence-corrected chi connectivity index (χ1v) is 9.93. The molecule has 0 saturated heterocycles. The summed E-state index contributed by atoms with van der Waals surface area (Å²) in [5, 5.41) is 3.14. The molecule has 2 fully saturated rings. The van der Waals surface area contributed by atoms with Crippen molar-refractivity contribution in [2.24, 2.45) is 5.92 Å². The molecule has 0 radical (unpaired) electrons. The minimum atomic E-state index is 0.201. The summed E-state index contributed by atoms with van der Waals surface area (Å²) >= 11 is 0. The summed E-state index contributed by atoms with van der Waals surface area (Å²) in [7, 11) is 0. The van der Waals surface area contributed by atoms with Gasteiger partial charge in [-0.15, -0.1) is 0 Å². The number of carbonyl (C=O) groups is 1. The lowest BCUT2D eigenvalue weighted by Crippen LogP contribution is -2.41. The molecule has 1 N–H and O–H groups in total. The Labute approximate surface area is 145 Å². The Balaban J connectivity index is 1.36. The van der Waals surface area contributed by atoms with Crippen LogP contribution < -0.4 is 5.32 Å². The van der Waals surface area contributed by atoms with Crippen molar-refractivity contribution in [3.63, 3.8) is 0 Å². The van der Waals surface area contributed by atoms with Crippen LogP contribution in [0.15, 0.2) is 18.2 Å². The number of rotatable bonds is 4. The van der Waals surface area contributed by atoms with Gasteiger partial charge in [0.2, 0.25) is 5.91 Å². The van der Waals surface area contributed by atoms with Crippen molar-refractivity contribution in [2.75, 3.05) is 18.4 Å². The van der Waals surface area contributed by atoms with Gasteiger partial charge in [0.05, 0.1) is 0 Å². The molecule has 2 saturated carbocycles. The molecule has 3 aliphatic rings. The van der Waals surface area contributed by atoms with Gasteiger partial charge in [-0.2, -0.15) is 0 Å². The predicted octanol–water partition coefficient (Wildman–Crippen LogP) is 4.16. The fraction of sp³-hybridized carbons (Fsp3) is 0.667. The van der Waals surface area contributed by atoms with Gasteiger partial charge in [0.25, 0.3) is 0 Å². The largest absolute Gasteiger partial charge is 0.326 e. The molecule has 1 aromatic rings. The van der Waals surface area contributed by atoms with E-state index in [0.29, 0.717) is 12.3 Å². The Bertz CT molecular complexity index is 588. The minimum Gasteiger partial charge on any atom is -0.326 e. The van der Waals surface area contributed by atoms with E-state index in [4.69, 9.17) is 0 Å². The molecule has 0 bridgehead atoms. The second kappa shape index (κ2) is 7.26. The second-order valence-corrected chi connectivity index (χ2v) is 8.01. The first-order chi connectivity index (χ1) is 11.8. The molecule has 3 nitrogen and oxygen atoms in total. The van der Waals surface area contributed by atoms with Gasteiger partial charge >= 0.3 is 0 Å². The monoisotopic (exact) mass is 326 g/mol. The lowest BCUT2D eigenvalue weighted by atomic mass is 9.91. The van der Waals surface area contributed by atoms with Crippen LogP contribution in [0.3, 0.4) is 0 Å². The quantitative estimate of drug-likeness (QED) is 0.901. The summed E-state index contributed by atoms with van der Waals surface area (Å²) < 4.78 is 0. The average molecular weight is 326 g/mol. The summed E-state index contributed by atoms with van der Waals surface area (Å²) in [6.45, 7) is 2.38. The highest BCUT2D eigenvalue weighted by Crippen LogP contribution is 2.29. The van der Waals surface area contributed by atoms with Gasteiger partial charge in [-0.1, -0.05) is 25.3 Å². The van der Waals surface area contributed by atoms with Gasteiger partial charge < -0.3 is 5.32 Å². The van der Waals surface area contributed by atoms with Crippen molar-refractivity contribution in [3.05, 3.63) is 29.3 Å². The normalized spacial score (nSPS) is 22.7. The number of nitrogens with zero attached hydrogens (tertiary/aromatic N) is 1. The molecule has 130 valence electrons. The molecule has 1 amide bonds. The number of hydrogen-bond donors (Lipinski definition) is 1. The van der Waals surface area contributed by atoms with Crippen molar-refractivity contribution in [1.29, 1.82) is 0 Å². The number of carbonyl (C=O) groups excluding carboxylic acids is 1. The topological polar surface area (TPSA) is 32.3 Å². The van der Waals surface area contributed by atoms with E-state index in [0.717, 1.165) is 24.6 Å². The van der Waals surface area contributed by atoms with Crippen LogP contribution in [0.2, 0.25) is 0 Å². The first-order valence-electron chi connectivity index (χ1n) is 9.93. The van der Waals surface area contributed by atoms with E-state index in [1.807, 2.05) is 0 Å². The predicted molar refractivity (Wildman–Crippen MR) is 98.3 cm³/mol. The van der Waals surface area contributed by atoms with Gasteiger partial charge in [-0.3, -0.25) is 9.69 Å². The van der Waals surface area contributed by atoms with E-state index in [9.17, 15) is 4.79 Å². The van der Waals surface area contributed by atoms with Gasteiger partial charge in [0.1, 0.15) is 0 Å². The SMILES string of the molecule is O=C(CC1CCCC1)Nc1ccc2c(c1)CCN(C1CCC1)CC2. The van der Waals surface area contributed by atoms with Crippen molar-refractivity contribution in [3.8, 4) is 0 Å². The van der Waals surface area contributed by atoms with Crippen molar-refractivity contribution in [1.82, 2.24) is 4.90 Å². The number of benzene rings is 1. The van der Waals surface area contributed by atoms with Crippen LogP contribution in [0.5, 0.6) is 0 Å². The second-order valence-electron chi connectivity index (χ2n) is 8.01. The fourth-order valence-corrected chi connectivity index (χ4v) is 4.63. The van der Waals surface area contributed by atoms with Crippen molar-refractivity contribution < 1.29 is 4.79 Å². The Morgan fingerprint density at radius 1 is 1.00 bits per heavy atom. The molecule has 3 heteroatoms. The maximum absolute atomic E-state index is 12.3. The smallest absolute Gasteiger partial charge is 0.224 e. The van der Waals surface area contributed by atoms with E-state index in [1.165, 1.54) is 69.2 Å². The van der Waals surface area contributed by atoms with Crippen LogP contribution in [-0.2, 0) is 17.6 Å². The van der Waals surface area contributed by atoms with Gasteiger partial charge in [-0.25, -0.2) is 0 Å². The molecule has 0 unspecified atom stereocenters. The zero-order valence-corrected chi connectivity index (χ0v) is 14.7. The lowest BCUT2D eigenvalue weighted by molar-refractivity contribution is -0.117. The summed E-state index contributed by atoms with van der Waals surface area (Å²) in [5.41, 5.74) is 3.91. The molecule has 0 atom stereocenters. The van der Waals surface area contributed by atoms with E-state index in [-0.39, 0.29) is 5.91 Å². The van der Waals surface area contributed by atoms with Crippen LogP contribution in [0.1, 0.15) is 62.5 Å². The van der Waals surface area contributed by atoms with Crippen molar-refractivity contribution >= 4 is 11.6 Å². The Hall–Kier alpha value is -1.35. The van der Waals surface area contributed by atoms with Crippen LogP contribution >= 0.6 is 0 Å². The van der Waals surface area contributed by atoms with E-state index < -0.39 is 0 Å². The van der Waals surface area contributed by atoms with Gasteiger partial charge in [0, 0.05) is 31.2 Å². The molecular formula is C21H30N2O. The zero-order chi connectivity index (χ0) is 16.4. The van der Waals surface area contributed by atoms with Crippen LogP contribution in [0, 0.1) is 5.92 Å². The van der Waals surface area contributed by atoms with Gasteiger partial charge in [0.15, 0.2) is 0 Å². The summed E-state index contributed by atoms with van der Waals surface area (Å²) in [4.78, 5) is 15.0.